The summed E-state index contributed by atoms with van der Waals surface area (Å²) in [6, 6.07) is 7.53. The Balaban J connectivity index is 1.53. The van der Waals surface area contributed by atoms with Gasteiger partial charge in [-0.25, -0.2) is 4.68 Å². The zero-order valence-electron chi connectivity index (χ0n) is 15.7. The quantitative estimate of drug-likeness (QED) is 0.831. The van der Waals surface area contributed by atoms with Gasteiger partial charge in [0.1, 0.15) is 11.4 Å². The van der Waals surface area contributed by atoms with Crippen LogP contribution in [0, 0.1) is 5.41 Å². The molecule has 2 aliphatic heterocycles. The molecule has 0 N–H and O–H groups in total. The molecule has 2 aliphatic rings. The van der Waals surface area contributed by atoms with Crippen LogP contribution in [0.5, 0.6) is 5.75 Å². The minimum atomic E-state index is -0.401. The van der Waals surface area contributed by atoms with Gasteiger partial charge in [-0.15, -0.1) is 0 Å². The largest absolute Gasteiger partial charge is 0.494 e. The molecule has 7 nitrogen and oxygen atoms in total. The van der Waals surface area contributed by atoms with Crippen molar-refractivity contribution in [3.63, 3.8) is 0 Å². The number of para-hydroxylation sites is 2. The zero-order chi connectivity index (χ0) is 19.0. The highest BCUT2D eigenvalue weighted by Gasteiger charge is 2.48. The van der Waals surface area contributed by atoms with Gasteiger partial charge in [-0.3, -0.25) is 9.59 Å². The van der Waals surface area contributed by atoms with E-state index in [0.29, 0.717) is 24.4 Å². The van der Waals surface area contributed by atoms with E-state index in [1.165, 1.54) is 0 Å². The second-order valence-corrected chi connectivity index (χ2v) is 7.43. The third-order valence-corrected chi connectivity index (χ3v) is 5.75. The van der Waals surface area contributed by atoms with Crippen LogP contribution in [0.15, 0.2) is 36.7 Å². The highest BCUT2D eigenvalue weighted by molar-refractivity contribution is 5.95. The molecule has 2 aromatic rings. The fourth-order valence-corrected chi connectivity index (χ4v) is 4.26. The number of likely N-dealkylation sites (tertiary alicyclic amines) is 2. The number of aromatic nitrogens is 2. The smallest absolute Gasteiger partial charge is 0.257 e. The lowest BCUT2D eigenvalue weighted by Crippen LogP contribution is -2.48. The number of carbonyl (C=O) groups excluding carboxylic acids is 2. The van der Waals surface area contributed by atoms with Crippen LogP contribution in [0.25, 0.3) is 5.69 Å². The van der Waals surface area contributed by atoms with Crippen LogP contribution in [0.1, 0.15) is 29.6 Å². The predicted octanol–water partition coefficient (Wildman–Crippen LogP) is 1.97. The van der Waals surface area contributed by atoms with E-state index in [1.807, 2.05) is 31.3 Å². The molecule has 1 atom stereocenters. The van der Waals surface area contributed by atoms with Gasteiger partial charge in [-0.1, -0.05) is 12.1 Å². The van der Waals surface area contributed by atoms with Gasteiger partial charge in [-0.2, -0.15) is 5.10 Å². The summed E-state index contributed by atoms with van der Waals surface area (Å²) in [6.07, 6.45) is 5.90. The van der Waals surface area contributed by atoms with E-state index >= 15 is 0 Å². The zero-order valence-corrected chi connectivity index (χ0v) is 15.7. The van der Waals surface area contributed by atoms with Crippen LogP contribution in [-0.2, 0) is 4.79 Å². The lowest BCUT2D eigenvalue weighted by atomic mass is 9.78. The summed E-state index contributed by atoms with van der Waals surface area (Å²) in [7, 11) is 3.46. The normalized spacial score (nSPS) is 22.5. The topological polar surface area (TPSA) is 67.7 Å². The summed E-state index contributed by atoms with van der Waals surface area (Å²) in [5.41, 5.74) is 0.900. The van der Waals surface area contributed by atoms with Gasteiger partial charge in [0.05, 0.1) is 24.3 Å². The standard InChI is InChI=1S/C20H24N4O3/c1-22-10-5-8-20(19(22)26)9-11-23(14-20)18(25)15-12-21-24(13-15)16-6-3-4-7-17(16)27-2/h3-4,6-7,12-13H,5,8-11,14H2,1-2H3. The van der Waals surface area contributed by atoms with E-state index in [9.17, 15) is 9.59 Å². The molecule has 4 rings (SSSR count). The highest BCUT2D eigenvalue weighted by atomic mass is 16.5. The molecule has 142 valence electrons. The number of carbonyl (C=O) groups is 2. The summed E-state index contributed by atoms with van der Waals surface area (Å²) >= 11 is 0. The maximum absolute atomic E-state index is 13.0. The van der Waals surface area contributed by atoms with E-state index in [4.69, 9.17) is 4.74 Å². The summed E-state index contributed by atoms with van der Waals surface area (Å²) in [5, 5.41) is 4.33. The Bertz CT molecular complexity index is 878. The first-order valence-electron chi connectivity index (χ1n) is 9.27. The van der Waals surface area contributed by atoms with Crippen molar-refractivity contribution in [2.45, 2.75) is 19.3 Å². The second-order valence-electron chi connectivity index (χ2n) is 7.43. The molecule has 27 heavy (non-hydrogen) atoms. The number of hydrogen-bond acceptors (Lipinski definition) is 4. The minimum Gasteiger partial charge on any atom is -0.494 e. The van der Waals surface area contributed by atoms with Crippen molar-refractivity contribution in [2.24, 2.45) is 5.41 Å². The number of hydrogen-bond donors (Lipinski definition) is 0. The first-order chi connectivity index (χ1) is 13.0. The van der Waals surface area contributed by atoms with E-state index in [0.717, 1.165) is 31.5 Å². The fourth-order valence-electron chi connectivity index (χ4n) is 4.26. The van der Waals surface area contributed by atoms with E-state index in [-0.39, 0.29) is 11.8 Å². The molecular formula is C20H24N4O3. The second kappa shape index (κ2) is 6.72. The molecule has 0 saturated carbocycles. The van der Waals surface area contributed by atoms with E-state index in [1.54, 1.807) is 34.0 Å². The summed E-state index contributed by atoms with van der Waals surface area (Å²) < 4.78 is 7.02. The summed E-state index contributed by atoms with van der Waals surface area (Å²) in [5.74, 6) is 0.790. The molecule has 3 heterocycles. The number of amides is 2. The van der Waals surface area contributed by atoms with Gasteiger partial charge in [0.25, 0.3) is 5.91 Å². The van der Waals surface area contributed by atoms with Gasteiger partial charge in [0, 0.05) is 32.9 Å². The molecule has 0 bridgehead atoms. The number of rotatable bonds is 3. The fraction of sp³-hybridized carbons (Fsp3) is 0.450. The van der Waals surface area contributed by atoms with Crippen LogP contribution < -0.4 is 4.74 Å². The summed E-state index contributed by atoms with van der Waals surface area (Å²) in [6.45, 7) is 1.91. The van der Waals surface area contributed by atoms with Crippen LogP contribution in [0.3, 0.4) is 0 Å². The van der Waals surface area contributed by atoms with Crippen LogP contribution in [-0.4, -0.2) is 65.2 Å². The first-order valence-corrected chi connectivity index (χ1v) is 9.27. The molecule has 1 spiro atoms. The molecule has 0 aliphatic carbocycles. The Kier molecular flexibility index (Phi) is 4.37. The maximum Gasteiger partial charge on any atom is 0.257 e. The number of nitrogens with zero attached hydrogens (tertiary/aromatic N) is 4. The SMILES string of the molecule is COc1ccccc1-n1cc(C(=O)N2CCC3(CCCN(C)C3=O)C2)cn1. The molecule has 2 amide bonds. The highest BCUT2D eigenvalue weighted by Crippen LogP contribution is 2.40. The average molecular weight is 368 g/mol. The van der Waals surface area contributed by atoms with Crippen molar-refractivity contribution >= 4 is 11.8 Å². The van der Waals surface area contributed by atoms with Crippen molar-refractivity contribution in [1.82, 2.24) is 19.6 Å². The Hall–Kier alpha value is -2.83. The van der Waals surface area contributed by atoms with Gasteiger partial charge in [0.15, 0.2) is 0 Å². The molecule has 1 unspecified atom stereocenters. The Morgan fingerprint density at radius 2 is 2.04 bits per heavy atom. The molecular weight excluding hydrogens is 344 g/mol. The lowest BCUT2D eigenvalue weighted by molar-refractivity contribution is -0.143. The van der Waals surface area contributed by atoms with E-state index < -0.39 is 5.41 Å². The van der Waals surface area contributed by atoms with Gasteiger partial charge < -0.3 is 14.5 Å². The van der Waals surface area contributed by atoms with Crippen molar-refractivity contribution < 1.29 is 14.3 Å². The third kappa shape index (κ3) is 2.97. The predicted molar refractivity (Wildman–Crippen MR) is 99.9 cm³/mol. The molecule has 0 radical (unpaired) electrons. The van der Waals surface area contributed by atoms with Gasteiger partial charge in [0.2, 0.25) is 5.91 Å². The number of benzene rings is 1. The molecule has 1 aromatic heterocycles. The van der Waals surface area contributed by atoms with Crippen molar-refractivity contribution in [3.05, 3.63) is 42.2 Å². The molecule has 7 heteroatoms. The van der Waals surface area contributed by atoms with Gasteiger partial charge in [-0.05, 0) is 31.4 Å². The minimum absolute atomic E-state index is 0.0750. The van der Waals surface area contributed by atoms with Crippen molar-refractivity contribution in [1.29, 1.82) is 0 Å². The Labute approximate surface area is 158 Å². The van der Waals surface area contributed by atoms with E-state index in [2.05, 4.69) is 5.10 Å². The maximum atomic E-state index is 13.0. The molecule has 2 saturated heterocycles. The Morgan fingerprint density at radius 1 is 1.22 bits per heavy atom. The van der Waals surface area contributed by atoms with Crippen molar-refractivity contribution in [2.75, 3.05) is 33.8 Å². The first kappa shape index (κ1) is 17.6. The Morgan fingerprint density at radius 3 is 2.85 bits per heavy atom. The average Bonchev–Trinajstić information content (AvgIpc) is 3.34. The van der Waals surface area contributed by atoms with Crippen LogP contribution in [0.2, 0.25) is 0 Å². The summed E-state index contributed by atoms with van der Waals surface area (Å²) in [4.78, 5) is 29.2. The third-order valence-electron chi connectivity index (χ3n) is 5.75. The molecule has 2 fully saturated rings. The molecule has 1 aromatic carbocycles. The number of ether oxygens (including phenoxy) is 1. The van der Waals surface area contributed by atoms with Crippen LogP contribution in [0.4, 0.5) is 0 Å². The van der Waals surface area contributed by atoms with Crippen molar-refractivity contribution in [3.8, 4) is 11.4 Å². The van der Waals surface area contributed by atoms with Crippen LogP contribution >= 0.6 is 0 Å². The number of piperidine rings is 1. The number of methoxy groups -OCH3 is 1. The van der Waals surface area contributed by atoms with Gasteiger partial charge >= 0.3 is 0 Å². The lowest BCUT2D eigenvalue weighted by Gasteiger charge is -2.37. The monoisotopic (exact) mass is 368 g/mol.